The minimum atomic E-state index is 0. The average Bonchev–Trinajstić information content (AvgIpc) is 0.918. The third-order valence-corrected chi connectivity index (χ3v) is 0. The van der Waals surface area contributed by atoms with Crippen molar-refractivity contribution >= 4 is 42.6 Å². The second kappa shape index (κ2) is 8.91. The van der Waals surface area contributed by atoms with Gasteiger partial charge in [-0.25, -0.2) is 0 Å². The van der Waals surface area contributed by atoms with Gasteiger partial charge in [-0.05, 0) is 0 Å². The summed E-state index contributed by atoms with van der Waals surface area (Å²) < 4.78 is 3.19. The van der Waals surface area contributed by atoms with Crippen LogP contribution in [0.4, 0.5) is 0 Å². The molecule has 0 saturated heterocycles. The Bertz CT molecular complexity index is 6.00. The molecule has 0 atom stereocenters. The van der Waals surface area contributed by atoms with Crippen LogP contribution in [0.1, 0.15) is 0 Å². The molecule has 0 bridgehead atoms. The molecular formula is Cl2LiO. The van der Waals surface area contributed by atoms with Crippen LogP contribution in [-0.2, 0) is 3.84 Å². The van der Waals surface area contributed by atoms with Gasteiger partial charge in [0, 0.05) is 18.9 Å². The summed E-state index contributed by atoms with van der Waals surface area (Å²) in [6.45, 7) is 0. The van der Waals surface area contributed by atoms with E-state index in [1.54, 1.807) is 0 Å². The van der Waals surface area contributed by atoms with Crippen molar-refractivity contribution in [3.8, 4) is 0 Å². The van der Waals surface area contributed by atoms with E-state index in [-0.39, 0.29) is 18.9 Å². The van der Waals surface area contributed by atoms with Gasteiger partial charge in [0.15, 0.2) is 0 Å². The molecular weight excluding hydrogens is 93.8 g/mol. The van der Waals surface area contributed by atoms with Crippen LogP contribution in [0.15, 0.2) is 0 Å². The molecule has 4 heteroatoms. The summed E-state index contributed by atoms with van der Waals surface area (Å²) in [7, 11) is 0. The van der Waals surface area contributed by atoms with Crippen molar-refractivity contribution in [1.82, 2.24) is 0 Å². The molecule has 0 aliphatic rings. The minimum absolute atomic E-state index is 0. The molecule has 0 N–H and O–H groups in total. The van der Waals surface area contributed by atoms with Gasteiger partial charge in [0.1, 0.15) is 0 Å². The van der Waals surface area contributed by atoms with Gasteiger partial charge in [0.2, 0.25) is 0 Å². The summed E-state index contributed by atoms with van der Waals surface area (Å²) in [6.07, 6.45) is 0. The zero-order valence-electron chi connectivity index (χ0n) is 2.16. The van der Waals surface area contributed by atoms with Gasteiger partial charge in [-0.2, -0.15) is 3.84 Å². The largest absolute Gasteiger partial charge is 0.166 e. The van der Waals surface area contributed by atoms with Crippen molar-refractivity contribution in [1.29, 1.82) is 0 Å². The van der Waals surface area contributed by atoms with Gasteiger partial charge in [-0.3, -0.25) is 0 Å². The maximum atomic E-state index is 4.26. The van der Waals surface area contributed by atoms with Crippen LogP contribution in [-0.4, -0.2) is 18.9 Å². The molecule has 21 valence electrons. The Kier molecular flexibility index (Phi) is 19.9. The van der Waals surface area contributed by atoms with E-state index in [0.717, 1.165) is 0 Å². The van der Waals surface area contributed by atoms with Gasteiger partial charge < -0.3 is 0 Å². The molecule has 0 rings (SSSR count). The molecule has 0 heterocycles. The summed E-state index contributed by atoms with van der Waals surface area (Å²) in [5, 5.41) is 0. The van der Waals surface area contributed by atoms with Crippen LogP contribution in [0.2, 0.25) is 0 Å². The fourth-order valence-electron chi connectivity index (χ4n) is 0. The van der Waals surface area contributed by atoms with Crippen LogP contribution in [0.25, 0.3) is 0 Å². The first-order chi connectivity index (χ1) is 1.41. The van der Waals surface area contributed by atoms with Crippen LogP contribution in [0.5, 0.6) is 0 Å². The van der Waals surface area contributed by atoms with Crippen LogP contribution in [0, 0.1) is 0 Å². The standard InChI is InChI=1S/Cl2O.Li/c1-3-2;. The Balaban J connectivity index is 0. The molecule has 0 aromatic rings. The number of rotatable bonds is 0. The quantitative estimate of drug-likeness (QED) is 0.405. The Morgan fingerprint density at radius 2 is 1.25 bits per heavy atom. The predicted octanol–water partition coefficient (Wildman–Crippen LogP) is 0.930. The summed E-state index contributed by atoms with van der Waals surface area (Å²) >= 11 is 8.53. The Morgan fingerprint density at radius 3 is 1.25 bits per heavy atom. The number of hydrogen-bond acceptors (Lipinski definition) is 1. The molecule has 1 nitrogen and oxygen atoms in total. The van der Waals surface area contributed by atoms with Gasteiger partial charge in [0.25, 0.3) is 0 Å². The monoisotopic (exact) mass is 92.9 g/mol. The smallest absolute Gasteiger partial charge is 0.0832 e. The fraction of sp³-hybridized carbons (Fsp3) is 0. The van der Waals surface area contributed by atoms with Crippen molar-refractivity contribution in [3.63, 3.8) is 0 Å². The van der Waals surface area contributed by atoms with Crippen molar-refractivity contribution < 1.29 is 3.84 Å². The Morgan fingerprint density at radius 1 is 1.25 bits per heavy atom. The van der Waals surface area contributed by atoms with Crippen molar-refractivity contribution in [3.05, 3.63) is 0 Å². The molecule has 0 saturated carbocycles. The molecule has 4 heavy (non-hydrogen) atoms. The normalized spacial score (nSPS) is 4.50. The summed E-state index contributed by atoms with van der Waals surface area (Å²) in [5.74, 6) is 0. The van der Waals surface area contributed by atoms with Crippen molar-refractivity contribution in [2.75, 3.05) is 0 Å². The van der Waals surface area contributed by atoms with E-state index < -0.39 is 0 Å². The molecule has 0 unspecified atom stereocenters. The van der Waals surface area contributed by atoms with E-state index in [9.17, 15) is 0 Å². The van der Waals surface area contributed by atoms with E-state index in [4.69, 9.17) is 0 Å². The molecule has 0 spiro atoms. The van der Waals surface area contributed by atoms with E-state index in [0.29, 0.717) is 0 Å². The number of hydrogen-bond donors (Lipinski definition) is 0. The third-order valence-electron chi connectivity index (χ3n) is 0. The second-order valence-electron chi connectivity index (χ2n) is 0.0583. The topological polar surface area (TPSA) is 9.23 Å². The molecule has 0 aliphatic heterocycles. The second-order valence-corrected chi connectivity index (χ2v) is 0.525. The first kappa shape index (κ1) is 8.93. The molecule has 0 fully saturated rings. The first-order valence-electron chi connectivity index (χ1n) is 0.309. The van der Waals surface area contributed by atoms with Crippen molar-refractivity contribution in [2.45, 2.75) is 0 Å². The summed E-state index contributed by atoms with van der Waals surface area (Å²) in [4.78, 5) is 0. The molecule has 0 aromatic carbocycles. The molecule has 0 aliphatic carbocycles. The average molecular weight is 93.8 g/mol. The van der Waals surface area contributed by atoms with Crippen LogP contribution < -0.4 is 0 Å². The summed E-state index contributed by atoms with van der Waals surface area (Å²) in [5.41, 5.74) is 0. The molecule has 1 radical (unpaired) electrons. The van der Waals surface area contributed by atoms with Gasteiger partial charge in [0.05, 0.1) is 23.7 Å². The van der Waals surface area contributed by atoms with Gasteiger partial charge in [-0.15, -0.1) is 0 Å². The van der Waals surface area contributed by atoms with Gasteiger partial charge in [-0.1, -0.05) is 0 Å². The molecule has 0 aromatic heterocycles. The molecule has 0 amide bonds. The van der Waals surface area contributed by atoms with Crippen LogP contribution in [0.3, 0.4) is 0 Å². The number of halogens is 2. The Labute approximate surface area is 46.7 Å². The van der Waals surface area contributed by atoms with Crippen molar-refractivity contribution in [2.24, 2.45) is 0 Å². The predicted molar refractivity (Wildman–Crippen MR) is 18.5 cm³/mol. The van der Waals surface area contributed by atoms with E-state index in [2.05, 4.69) is 27.6 Å². The summed E-state index contributed by atoms with van der Waals surface area (Å²) in [6, 6.07) is 0. The zero-order chi connectivity index (χ0) is 2.71. The first-order valence-corrected chi connectivity index (χ1v) is 0.926. The van der Waals surface area contributed by atoms with E-state index >= 15 is 0 Å². The fourth-order valence-corrected chi connectivity index (χ4v) is 0. The van der Waals surface area contributed by atoms with E-state index in [1.165, 1.54) is 0 Å². The SMILES string of the molecule is ClOCl.[Li]. The van der Waals surface area contributed by atoms with Gasteiger partial charge >= 0.3 is 0 Å². The maximum absolute atomic E-state index is 4.26. The zero-order valence-corrected chi connectivity index (χ0v) is 3.68. The van der Waals surface area contributed by atoms with Crippen LogP contribution >= 0.6 is 23.7 Å². The third kappa shape index (κ3) is 11.1. The maximum Gasteiger partial charge on any atom is 0.0832 e. The van der Waals surface area contributed by atoms with E-state index in [1.807, 2.05) is 0 Å². The Hall–Kier alpha value is 1.14. The minimum Gasteiger partial charge on any atom is -0.166 e.